The lowest BCUT2D eigenvalue weighted by atomic mass is 9.97. The van der Waals surface area contributed by atoms with Crippen molar-refractivity contribution in [3.63, 3.8) is 0 Å². The molecule has 0 aromatic carbocycles. The van der Waals surface area contributed by atoms with Crippen molar-refractivity contribution in [2.75, 3.05) is 11.9 Å². The summed E-state index contributed by atoms with van der Waals surface area (Å²) < 4.78 is 0. The topological polar surface area (TPSA) is 53.9 Å². The molecule has 0 bridgehead atoms. The Labute approximate surface area is 123 Å². The van der Waals surface area contributed by atoms with Crippen molar-refractivity contribution in [1.29, 1.82) is 0 Å². The number of nitrogens with one attached hydrogen (secondary N) is 1. The Balaban J connectivity index is 1.83. The van der Waals surface area contributed by atoms with Crippen LogP contribution in [0.4, 0.5) is 10.9 Å². The van der Waals surface area contributed by atoms with Crippen molar-refractivity contribution in [3.05, 3.63) is 29.2 Å². The monoisotopic (exact) mass is 289 g/mol. The molecule has 2 aromatic rings. The summed E-state index contributed by atoms with van der Waals surface area (Å²) in [5.74, 6) is 1.63. The van der Waals surface area contributed by atoms with Crippen LogP contribution in [0.25, 0.3) is 0 Å². The Morgan fingerprint density at radius 2 is 2.25 bits per heavy atom. The Hall–Kier alpha value is -1.53. The fourth-order valence-corrected chi connectivity index (χ4v) is 3.10. The van der Waals surface area contributed by atoms with E-state index >= 15 is 0 Å². The minimum Gasteiger partial charge on any atom is -0.316 e. The van der Waals surface area contributed by atoms with Crippen molar-refractivity contribution in [1.82, 2.24) is 19.9 Å². The maximum atomic E-state index is 4.61. The number of hydrogen-bond acceptors (Lipinski definition) is 6. The number of thiazole rings is 1. The molecule has 0 saturated carbocycles. The summed E-state index contributed by atoms with van der Waals surface area (Å²) in [6.07, 6.45) is 2.96. The van der Waals surface area contributed by atoms with Gasteiger partial charge in [0.05, 0.1) is 11.7 Å². The van der Waals surface area contributed by atoms with Gasteiger partial charge in [0.1, 0.15) is 11.6 Å². The van der Waals surface area contributed by atoms with Gasteiger partial charge in [-0.25, -0.2) is 15.0 Å². The van der Waals surface area contributed by atoms with E-state index < -0.39 is 0 Å². The highest BCUT2D eigenvalue weighted by Crippen LogP contribution is 2.34. The van der Waals surface area contributed by atoms with Crippen LogP contribution < -0.4 is 5.32 Å². The van der Waals surface area contributed by atoms with Crippen LogP contribution in [0, 0.1) is 6.92 Å². The SMILES string of the molecule is Cc1nc(Nc2nccs2)cc(C2CCN2C(C)C)n1. The van der Waals surface area contributed by atoms with E-state index in [1.165, 1.54) is 6.42 Å². The van der Waals surface area contributed by atoms with Gasteiger partial charge in [-0.2, -0.15) is 0 Å². The van der Waals surface area contributed by atoms with Gasteiger partial charge in [-0.3, -0.25) is 4.90 Å². The fraction of sp³-hybridized carbons (Fsp3) is 0.500. The minimum absolute atomic E-state index is 0.425. The molecule has 6 heteroatoms. The van der Waals surface area contributed by atoms with Crippen LogP contribution in [0.15, 0.2) is 17.6 Å². The van der Waals surface area contributed by atoms with Gasteiger partial charge in [-0.1, -0.05) is 0 Å². The van der Waals surface area contributed by atoms with E-state index in [2.05, 4.69) is 39.0 Å². The van der Waals surface area contributed by atoms with Crippen molar-refractivity contribution >= 4 is 22.3 Å². The third kappa shape index (κ3) is 2.66. The third-order valence-corrected chi connectivity index (χ3v) is 4.28. The normalized spacial score (nSPS) is 19.1. The molecule has 1 aliphatic rings. The Bertz CT molecular complexity index is 581. The van der Waals surface area contributed by atoms with Crippen LogP contribution in [0.3, 0.4) is 0 Å². The van der Waals surface area contributed by atoms with E-state index in [-0.39, 0.29) is 0 Å². The molecular weight excluding hydrogens is 270 g/mol. The van der Waals surface area contributed by atoms with Crippen LogP contribution in [-0.4, -0.2) is 32.4 Å². The predicted octanol–water partition coefficient (Wildman–Crippen LogP) is 3.14. The number of anilines is 2. The number of nitrogens with zero attached hydrogens (tertiary/aromatic N) is 4. The first-order chi connectivity index (χ1) is 9.63. The molecule has 0 radical (unpaired) electrons. The molecule has 20 heavy (non-hydrogen) atoms. The van der Waals surface area contributed by atoms with Crippen LogP contribution in [-0.2, 0) is 0 Å². The minimum atomic E-state index is 0.425. The average Bonchev–Trinajstić information content (AvgIpc) is 2.78. The highest BCUT2D eigenvalue weighted by molar-refractivity contribution is 7.13. The Kier molecular flexibility index (Phi) is 3.67. The lowest BCUT2D eigenvalue weighted by Gasteiger charge is -2.43. The van der Waals surface area contributed by atoms with E-state index in [9.17, 15) is 0 Å². The Morgan fingerprint density at radius 1 is 1.40 bits per heavy atom. The zero-order valence-corrected chi connectivity index (χ0v) is 12.8. The number of hydrogen-bond donors (Lipinski definition) is 1. The van der Waals surface area contributed by atoms with Crippen LogP contribution >= 0.6 is 11.3 Å². The molecule has 2 aromatic heterocycles. The molecule has 1 saturated heterocycles. The fourth-order valence-electron chi connectivity index (χ4n) is 2.56. The molecule has 0 aliphatic carbocycles. The van der Waals surface area contributed by atoms with Gasteiger partial charge in [0.2, 0.25) is 0 Å². The molecule has 106 valence electrons. The summed E-state index contributed by atoms with van der Waals surface area (Å²) in [5.41, 5.74) is 1.11. The molecule has 1 unspecified atom stereocenters. The molecule has 3 rings (SSSR count). The molecule has 1 N–H and O–H groups in total. The zero-order chi connectivity index (χ0) is 14.1. The van der Waals surface area contributed by atoms with E-state index in [0.717, 1.165) is 29.0 Å². The predicted molar refractivity (Wildman–Crippen MR) is 81.4 cm³/mol. The van der Waals surface area contributed by atoms with Crippen molar-refractivity contribution in [2.45, 2.75) is 39.3 Å². The Morgan fingerprint density at radius 3 is 2.85 bits per heavy atom. The van der Waals surface area contributed by atoms with Gasteiger partial charge in [0.15, 0.2) is 5.13 Å². The maximum absolute atomic E-state index is 4.61. The van der Waals surface area contributed by atoms with E-state index in [4.69, 9.17) is 0 Å². The van der Waals surface area contributed by atoms with Gasteiger partial charge in [0.25, 0.3) is 0 Å². The standard InChI is InChI=1S/C14H19N5S/c1-9(2)19-6-4-12(19)11-8-13(17-10(3)16-11)18-14-15-5-7-20-14/h5,7-9,12H,4,6H2,1-3H3,(H,15,16,17,18). The summed E-state index contributed by atoms with van der Waals surface area (Å²) in [6, 6.07) is 3.03. The summed E-state index contributed by atoms with van der Waals surface area (Å²) in [4.78, 5) is 15.8. The zero-order valence-electron chi connectivity index (χ0n) is 12.0. The molecule has 5 nitrogen and oxygen atoms in total. The smallest absolute Gasteiger partial charge is 0.188 e. The number of aromatic nitrogens is 3. The van der Waals surface area contributed by atoms with Gasteiger partial charge < -0.3 is 5.32 Å². The average molecular weight is 289 g/mol. The third-order valence-electron chi connectivity index (χ3n) is 3.59. The molecule has 1 aliphatic heterocycles. The second kappa shape index (κ2) is 5.46. The second-order valence-corrected chi connectivity index (χ2v) is 6.22. The van der Waals surface area contributed by atoms with Crippen molar-refractivity contribution in [2.24, 2.45) is 0 Å². The lowest BCUT2D eigenvalue weighted by molar-refractivity contribution is 0.0530. The summed E-state index contributed by atoms with van der Waals surface area (Å²) >= 11 is 1.57. The highest BCUT2D eigenvalue weighted by atomic mass is 32.1. The van der Waals surface area contributed by atoms with Gasteiger partial charge in [-0.05, 0) is 27.2 Å². The van der Waals surface area contributed by atoms with E-state index in [0.29, 0.717) is 12.1 Å². The second-order valence-electron chi connectivity index (χ2n) is 5.32. The first-order valence-electron chi connectivity index (χ1n) is 6.91. The molecule has 3 heterocycles. The van der Waals surface area contributed by atoms with E-state index in [1.807, 2.05) is 18.4 Å². The number of rotatable bonds is 4. The van der Waals surface area contributed by atoms with Gasteiger partial charge >= 0.3 is 0 Å². The van der Waals surface area contributed by atoms with Gasteiger partial charge in [0, 0.05) is 30.2 Å². The first-order valence-corrected chi connectivity index (χ1v) is 7.79. The summed E-state index contributed by atoms with van der Waals surface area (Å²) in [7, 11) is 0. The molecular formula is C14H19N5S. The molecule has 1 atom stereocenters. The van der Waals surface area contributed by atoms with Gasteiger partial charge in [-0.15, -0.1) is 11.3 Å². The number of aryl methyl sites for hydroxylation is 1. The molecule has 1 fully saturated rings. The van der Waals surface area contributed by atoms with Crippen molar-refractivity contribution < 1.29 is 0 Å². The molecule has 0 spiro atoms. The quantitative estimate of drug-likeness (QED) is 0.937. The number of likely N-dealkylation sites (tertiary alicyclic amines) is 1. The highest BCUT2D eigenvalue weighted by Gasteiger charge is 2.32. The van der Waals surface area contributed by atoms with Crippen molar-refractivity contribution in [3.8, 4) is 0 Å². The van der Waals surface area contributed by atoms with E-state index in [1.54, 1.807) is 17.5 Å². The maximum Gasteiger partial charge on any atom is 0.188 e. The molecule has 0 amide bonds. The summed E-state index contributed by atoms with van der Waals surface area (Å²) in [5, 5.41) is 6.06. The largest absolute Gasteiger partial charge is 0.316 e. The van der Waals surface area contributed by atoms with Crippen LogP contribution in [0.5, 0.6) is 0 Å². The first kappa shape index (κ1) is 13.5. The van der Waals surface area contributed by atoms with Crippen LogP contribution in [0.1, 0.15) is 37.8 Å². The van der Waals surface area contributed by atoms with Crippen LogP contribution in [0.2, 0.25) is 0 Å². The lowest BCUT2D eigenvalue weighted by Crippen LogP contribution is -2.45. The summed E-state index contributed by atoms with van der Waals surface area (Å²) in [6.45, 7) is 7.55.